The van der Waals surface area contributed by atoms with Gasteiger partial charge in [-0.1, -0.05) is 30.3 Å². The Balaban J connectivity index is 1.68. The molecule has 0 amide bonds. The molecular formula is C14H20O3. The Morgan fingerprint density at radius 1 is 1.29 bits per heavy atom. The zero-order valence-corrected chi connectivity index (χ0v) is 10.5. The van der Waals surface area contributed by atoms with Gasteiger partial charge in [0, 0.05) is 0 Å². The highest BCUT2D eigenvalue weighted by molar-refractivity contribution is 5.13. The van der Waals surface area contributed by atoms with E-state index in [2.05, 4.69) is 12.1 Å². The average molecular weight is 236 g/mol. The fraction of sp³-hybridized carbons (Fsp3) is 0.571. The number of rotatable bonds is 7. The second kappa shape index (κ2) is 5.63. The van der Waals surface area contributed by atoms with Gasteiger partial charge in [-0.05, 0) is 19.4 Å². The predicted octanol–water partition coefficient (Wildman–Crippen LogP) is 2.40. The molecular weight excluding hydrogens is 216 g/mol. The molecule has 1 fully saturated rings. The maximum absolute atomic E-state index is 5.85. The number of ether oxygens (including phenoxy) is 3. The van der Waals surface area contributed by atoms with Gasteiger partial charge in [-0.2, -0.15) is 0 Å². The van der Waals surface area contributed by atoms with Gasteiger partial charge in [0.25, 0.3) is 0 Å². The van der Waals surface area contributed by atoms with Crippen molar-refractivity contribution in [1.82, 2.24) is 0 Å². The highest BCUT2D eigenvalue weighted by Crippen LogP contribution is 2.15. The predicted molar refractivity (Wildman–Crippen MR) is 65.9 cm³/mol. The van der Waals surface area contributed by atoms with E-state index in [-0.39, 0.29) is 5.60 Å². The molecule has 1 aromatic carbocycles. The van der Waals surface area contributed by atoms with Crippen molar-refractivity contribution in [3.8, 4) is 0 Å². The zero-order chi connectivity index (χ0) is 12.1. The molecule has 1 aliphatic rings. The van der Waals surface area contributed by atoms with Crippen molar-refractivity contribution in [2.75, 3.05) is 19.8 Å². The minimum absolute atomic E-state index is 0.259. The van der Waals surface area contributed by atoms with Gasteiger partial charge in [0.05, 0.1) is 32.0 Å². The van der Waals surface area contributed by atoms with Crippen LogP contribution in [0.1, 0.15) is 19.4 Å². The first-order chi connectivity index (χ1) is 8.16. The van der Waals surface area contributed by atoms with Gasteiger partial charge in [-0.15, -0.1) is 0 Å². The van der Waals surface area contributed by atoms with Crippen LogP contribution in [0, 0.1) is 0 Å². The Bertz CT molecular complexity index is 331. The van der Waals surface area contributed by atoms with Gasteiger partial charge in [0.1, 0.15) is 6.10 Å². The number of hydrogen-bond donors (Lipinski definition) is 0. The van der Waals surface area contributed by atoms with Crippen molar-refractivity contribution < 1.29 is 14.2 Å². The Kier molecular flexibility index (Phi) is 4.15. The maximum Gasteiger partial charge on any atom is 0.104 e. The van der Waals surface area contributed by atoms with E-state index in [1.165, 1.54) is 5.56 Å². The SMILES string of the molecule is CC(C)(COC[C@H]1CO1)OCc1ccccc1. The summed E-state index contributed by atoms with van der Waals surface area (Å²) in [5, 5.41) is 0. The van der Waals surface area contributed by atoms with E-state index in [1.54, 1.807) is 0 Å². The molecule has 0 unspecified atom stereocenters. The Morgan fingerprint density at radius 3 is 2.65 bits per heavy atom. The monoisotopic (exact) mass is 236 g/mol. The minimum atomic E-state index is -0.259. The molecule has 1 atom stereocenters. The quantitative estimate of drug-likeness (QED) is 0.681. The molecule has 0 saturated carbocycles. The molecule has 0 aliphatic carbocycles. The van der Waals surface area contributed by atoms with E-state index in [0.717, 1.165) is 6.61 Å². The van der Waals surface area contributed by atoms with E-state index in [0.29, 0.717) is 25.9 Å². The van der Waals surface area contributed by atoms with Crippen molar-refractivity contribution in [2.45, 2.75) is 32.2 Å². The van der Waals surface area contributed by atoms with Crippen molar-refractivity contribution in [3.63, 3.8) is 0 Å². The molecule has 94 valence electrons. The lowest BCUT2D eigenvalue weighted by atomic mass is 10.1. The van der Waals surface area contributed by atoms with Crippen LogP contribution >= 0.6 is 0 Å². The number of benzene rings is 1. The molecule has 0 N–H and O–H groups in total. The van der Waals surface area contributed by atoms with Crippen LogP contribution < -0.4 is 0 Å². The topological polar surface area (TPSA) is 31.0 Å². The molecule has 1 heterocycles. The summed E-state index contributed by atoms with van der Waals surface area (Å²) < 4.78 is 16.5. The fourth-order valence-corrected chi connectivity index (χ4v) is 1.50. The van der Waals surface area contributed by atoms with E-state index >= 15 is 0 Å². The molecule has 3 heteroatoms. The normalized spacial score (nSPS) is 19.3. The summed E-state index contributed by atoms with van der Waals surface area (Å²) in [5.41, 5.74) is 0.927. The molecule has 2 rings (SSSR count). The highest BCUT2D eigenvalue weighted by Gasteiger charge is 2.25. The molecule has 0 bridgehead atoms. The van der Waals surface area contributed by atoms with Gasteiger partial charge >= 0.3 is 0 Å². The molecule has 0 spiro atoms. The van der Waals surface area contributed by atoms with Crippen molar-refractivity contribution in [2.24, 2.45) is 0 Å². The Hall–Kier alpha value is -0.900. The van der Waals surface area contributed by atoms with Crippen LogP contribution in [0.25, 0.3) is 0 Å². The summed E-state index contributed by atoms with van der Waals surface area (Å²) >= 11 is 0. The molecule has 1 aliphatic heterocycles. The van der Waals surface area contributed by atoms with Crippen LogP contribution in [-0.4, -0.2) is 31.5 Å². The van der Waals surface area contributed by atoms with Gasteiger partial charge in [0.2, 0.25) is 0 Å². The largest absolute Gasteiger partial charge is 0.376 e. The summed E-state index contributed by atoms with van der Waals surface area (Å²) in [6.45, 7) is 6.83. The molecule has 1 aromatic rings. The second-order valence-corrected chi connectivity index (χ2v) is 5.00. The van der Waals surface area contributed by atoms with E-state index in [4.69, 9.17) is 14.2 Å². The summed E-state index contributed by atoms with van der Waals surface area (Å²) in [6, 6.07) is 10.2. The third-order valence-electron chi connectivity index (χ3n) is 2.63. The number of hydrogen-bond acceptors (Lipinski definition) is 3. The first-order valence-corrected chi connectivity index (χ1v) is 6.03. The molecule has 1 saturated heterocycles. The van der Waals surface area contributed by atoms with Gasteiger partial charge in [0.15, 0.2) is 0 Å². The standard InChI is InChI=1S/C14H20O3/c1-14(2,11-15-9-13-10-16-13)17-8-12-6-4-3-5-7-12/h3-7,13H,8-11H2,1-2H3/t13-/m0/s1. The van der Waals surface area contributed by atoms with Crippen molar-refractivity contribution >= 4 is 0 Å². The van der Waals surface area contributed by atoms with Crippen LogP contribution in [0.3, 0.4) is 0 Å². The first kappa shape index (κ1) is 12.6. The molecule has 17 heavy (non-hydrogen) atoms. The van der Waals surface area contributed by atoms with Crippen molar-refractivity contribution in [3.05, 3.63) is 35.9 Å². The molecule has 0 aromatic heterocycles. The van der Waals surface area contributed by atoms with Crippen molar-refractivity contribution in [1.29, 1.82) is 0 Å². The third-order valence-corrected chi connectivity index (χ3v) is 2.63. The van der Waals surface area contributed by atoms with Crippen LogP contribution in [0.15, 0.2) is 30.3 Å². The number of epoxide rings is 1. The Labute approximate surface area is 103 Å². The fourth-order valence-electron chi connectivity index (χ4n) is 1.50. The lowest BCUT2D eigenvalue weighted by molar-refractivity contribution is -0.0849. The Morgan fingerprint density at radius 2 is 2.00 bits per heavy atom. The van der Waals surface area contributed by atoms with Gasteiger partial charge in [-0.25, -0.2) is 0 Å². The third kappa shape index (κ3) is 4.86. The first-order valence-electron chi connectivity index (χ1n) is 6.03. The molecule has 0 radical (unpaired) electrons. The maximum atomic E-state index is 5.85. The average Bonchev–Trinajstić information content (AvgIpc) is 3.12. The van der Waals surface area contributed by atoms with E-state index in [1.807, 2.05) is 32.0 Å². The van der Waals surface area contributed by atoms with Crippen LogP contribution in [0.5, 0.6) is 0 Å². The minimum Gasteiger partial charge on any atom is -0.376 e. The lowest BCUT2D eigenvalue weighted by Crippen LogP contribution is -2.31. The van der Waals surface area contributed by atoms with Crippen LogP contribution in [0.4, 0.5) is 0 Å². The van der Waals surface area contributed by atoms with E-state index in [9.17, 15) is 0 Å². The van der Waals surface area contributed by atoms with Crippen LogP contribution in [-0.2, 0) is 20.8 Å². The summed E-state index contributed by atoms with van der Waals surface area (Å²) in [6.07, 6.45) is 0.319. The zero-order valence-electron chi connectivity index (χ0n) is 10.5. The lowest BCUT2D eigenvalue weighted by Gasteiger charge is -2.25. The van der Waals surface area contributed by atoms with Crippen LogP contribution in [0.2, 0.25) is 0 Å². The second-order valence-electron chi connectivity index (χ2n) is 5.00. The van der Waals surface area contributed by atoms with Gasteiger partial charge in [-0.3, -0.25) is 0 Å². The smallest absolute Gasteiger partial charge is 0.104 e. The summed E-state index contributed by atoms with van der Waals surface area (Å²) in [7, 11) is 0. The van der Waals surface area contributed by atoms with E-state index < -0.39 is 0 Å². The highest BCUT2D eigenvalue weighted by atomic mass is 16.6. The summed E-state index contributed by atoms with van der Waals surface area (Å²) in [4.78, 5) is 0. The molecule has 3 nitrogen and oxygen atoms in total. The van der Waals surface area contributed by atoms with Gasteiger partial charge < -0.3 is 14.2 Å². The summed E-state index contributed by atoms with van der Waals surface area (Å²) in [5.74, 6) is 0.